The Kier molecular flexibility index (Phi) is 4.31. The highest BCUT2D eigenvalue weighted by molar-refractivity contribution is 5.94. The minimum absolute atomic E-state index is 0.130. The average molecular weight is 421 g/mol. The van der Waals surface area contributed by atoms with Crippen LogP contribution in [0.2, 0.25) is 0 Å². The number of aryl methyl sites for hydroxylation is 1. The van der Waals surface area contributed by atoms with Gasteiger partial charge in [0.25, 0.3) is 0 Å². The van der Waals surface area contributed by atoms with E-state index in [0.29, 0.717) is 17.9 Å². The summed E-state index contributed by atoms with van der Waals surface area (Å²) in [5.74, 6) is 0.581. The first kappa shape index (κ1) is 19.0. The van der Waals surface area contributed by atoms with Crippen LogP contribution < -0.4 is 4.90 Å². The lowest BCUT2D eigenvalue weighted by molar-refractivity contribution is 0.0961. The number of hydrogen-bond donors (Lipinski definition) is 1. The quantitative estimate of drug-likeness (QED) is 0.676. The van der Waals surface area contributed by atoms with Crippen LogP contribution in [0.5, 0.6) is 0 Å². The van der Waals surface area contributed by atoms with Gasteiger partial charge in [-0.25, -0.2) is 14.3 Å². The summed E-state index contributed by atoms with van der Waals surface area (Å²) < 4.78 is 6.99. The minimum Gasteiger partial charge on any atom is -0.465 e. The van der Waals surface area contributed by atoms with Gasteiger partial charge < -0.3 is 14.7 Å². The molecule has 2 atom stereocenters. The van der Waals surface area contributed by atoms with Gasteiger partial charge in [-0.2, -0.15) is 0 Å². The van der Waals surface area contributed by atoms with E-state index in [1.54, 1.807) is 22.8 Å². The Morgan fingerprint density at radius 3 is 2.77 bits per heavy atom. The van der Waals surface area contributed by atoms with Crippen LogP contribution in [0.15, 0.2) is 36.5 Å². The maximum atomic E-state index is 12.4. The number of benzene rings is 1. The molecule has 11 nitrogen and oxygen atoms in total. The lowest BCUT2D eigenvalue weighted by Crippen LogP contribution is -2.41. The summed E-state index contributed by atoms with van der Waals surface area (Å²) in [7, 11) is 3.22. The van der Waals surface area contributed by atoms with Gasteiger partial charge in [0.15, 0.2) is 5.82 Å². The van der Waals surface area contributed by atoms with Crippen LogP contribution in [0.4, 0.5) is 15.3 Å². The molecule has 5 rings (SSSR count). The van der Waals surface area contributed by atoms with E-state index in [2.05, 4.69) is 20.5 Å². The molecule has 11 heteroatoms. The summed E-state index contributed by atoms with van der Waals surface area (Å²) in [6, 6.07) is 9.47. The molecule has 0 bridgehead atoms. The van der Waals surface area contributed by atoms with Gasteiger partial charge in [0.2, 0.25) is 0 Å². The number of nitrogens with zero attached hydrogens (tertiary/aromatic N) is 7. The van der Waals surface area contributed by atoms with Gasteiger partial charge in [-0.3, -0.25) is 9.88 Å². The van der Waals surface area contributed by atoms with Gasteiger partial charge in [-0.15, -0.1) is 5.10 Å². The van der Waals surface area contributed by atoms with E-state index >= 15 is 0 Å². The largest absolute Gasteiger partial charge is 0.465 e. The van der Waals surface area contributed by atoms with Gasteiger partial charge in [-0.1, -0.05) is 12.1 Å². The van der Waals surface area contributed by atoms with Gasteiger partial charge in [0.1, 0.15) is 11.8 Å². The zero-order chi connectivity index (χ0) is 21.7. The zero-order valence-electron chi connectivity index (χ0n) is 16.8. The monoisotopic (exact) mass is 421 g/mol. The summed E-state index contributed by atoms with van der Waals surface area (Å²) >= 11 is 0. The number of anilines is 1. The summed E-state index contributed by atoms with van der Waals surface area (Å²) in [5, 5.41) is 20.5. The number of ether oxygens (including phenoxy) is 1. The zero-order valence-corrected chi connectivity index (χ0v) is 16.8. The number of tetrazole rings is 1. The highest BCUT2D eigenvalue weighted by atomic mass is 16.6. The number of carbonyl (C=O) groups excluding carboxylic acids is 1. The van der Waals surface area contributed by atoms with Crippen molar-refractivity contribution >= 4 is 17.9 Å². The Bertz CT molecular complexity index is 1180. The van der Waals surface area contributed by atoms with Gasteiger partial charge in [-0.05, 0) is 46.2 Å². The fourth-order valence-corrected chi connectivity index (χ4v) is 4.11. The molecule has 158 valence electrons. The number of fused-ring (bicyclic) bond motifs is 3. The Morgan fingerprint density at radius 2 is 2.10 bits per heavy atom. The van der Waals surface area contributed by atoms with E-state index in [1.807, 2.05) is 30.3 Å². The molecule has 1 saturated heterocycles. The van der Waals surface area contributed by atoms with Crippen LogP contribution in [0.1, 0.15) is 5.56 Å². The van der Waals surface area contributed by atoms with E-state index < -0.39 is 18.3 Å². The molecule has 2 amide bonds. The third-order valence-electron chi connectivity index (χ3n) is 5.70. The van der Waals surface area contributed by atoms with Gasteiger partial charge in [0.05, 0.1) is 18.3 Å². The van der Waals surface area contributed by atoms with Gasteiger partial charge >= 0.3 is 12.2 Å². The fourth-order valence-electron chi connectivity index (χ4n) is 4.11. The van der Waals surface area contributed by atoms with E-state index in [0.717, 1.165) is 27.3 Å². The molecule has 1 N–H and O–H groups in total. The fraction of sp³-hybridized carbons (Fsp3) is 0.300. The van der Waals surface area contributed by atoms with E-state index in [1.165, 1.54) is 7.05 Å². The lowest BCUT2D eigenvalue weighted by Gasteiger charge is -2.21. The number of hydrogen-bond acceptors (Lipinski definition) is 7. The van der Waals surface area contributed by atoms with Crippen LogP contribution in [-0.4, -0.2) is 73.1 Å². The lowest BCUT2D eigenvalue weighted by atomic mass is 10.0. The van der Waals surface area contributed by atoms with Crippen LogP contribution in [0.25, 0.3) is 22.6 Å². The second kappa shape index (κ2) is 7.04. The third-order valence-corrected chi connectivity index (χ3v) is 5.70. The predicted octanol–water partition coefficient (Wildman–Crippen LogP) is 1.80. The first-order valence-electron chi connectivity index (χ1n) is 9.68. The number of likely N-dealkylation sites (N-methyl/N-ethyl adjacent to an activating group) is 1. The van der Waals surface area contributed by atoms with Gasteiger partial charge in [0, 0.05) is 25.9 Å². The second-order valence-corrected chi connectivity index (χ2v) is 7.63. The molecule has 0 spiro atoms. The topological polar surface area (TPSA) is 127 Å². The molecular formula is C20H19N7O4. The summed E-state index contributed by atoms with van der Waals surface area (Å²) in [6.07, 6.45) is 0.360. The van der Waals surface area contributed by atoms with Crippen molar-refractivity contribution in [2.45, 2.75) is 18.6 Å². The Labute approximate surface area is 176 Å². The smallest absolute Gasteiger partial charge is 0.415 e. The Morgan fingerprint density at radius 1 is 1.29 bits per heavy atom. The second-order valence-electron chi connectivity index (χ2n) is 7.63. The van der Waals surface area contributed by atoms with Crippen molar-refractivity contribution in [2.75, 3.05) is 18.5 Å². The van der Waals surface area contributed by atoms with Crippen LogP contribution in [0, 0.1) is 0 Å². The third kappa shape index (κ3) is 3.14. The molecule has 2 aliphatic rings. The summed E-state index contributed by atoms with van der Waals surface area (Å²) in [5.41, 5.74) is 4.39. The number of aromatic nitrogens is 5. The number of rotatable bonds is 4. The van der Waals surface area contributed by atoms with Crippen LogP contribution >= 0.6 is 0 Å². The first-order chi connectivity index (χ1) is 14.9. The van der Waals surface area contributed by atoms with Crippen molar-refractivity contribution in [1.82, 2.24) is 30.1 Å². The normalized spacial score (nSPS) is 19.2. The van der Waals surface area contributed by atoms with Crippen molar-refractivity contribution in [3.63, 3.8) is 0 Å². The highest BCUT2D eigenvalue weighted by Crippen LogP contribution is 2.40. The maximum absolute atomic E-state index is 12.4. The Balaban J connectivity index is 1.39. The minimum atomic E-state index is -1.06. The molecule has 0 saturated carbocycles. The van der Waals surface area contributed by atoms with E-state index in [9.17, 15) is 9.59 Å². The number of carbonyl (C=O) groups is 2. The van der Waals surface area contributed by atoms with Crippen molar-refractivity contribution in [2.24, 2.45) is 7.05 Å². The van der Waals surface area contributed by atoms with Crippen molar-refractivity contribution in [3.05, 3.63) is 42.1 Å². The molecule has 2 aromatic heterocycles. The Hall–Kier alpha value is -4.02. The molecule has 1 aromatic carbocycles. The first-order valence-corrected chi connectivity index (χ1v) is 9.68. The molecule has 0 aliphatic carbocycles. The summed E-state index contributed by atoms with van der Waals surface area (Å²) in [6.45, 7) is 0.130. The van der Waals surface area contributed by atoms with Crippen LogP contribution in [0.3, 0.4) is 0 Å². The predicted molar refractivity (Wildman–Crippen MR) is 108 cm³/mol. The van der Waals surface area contributed by atoms with Crippen molar-refractivity contribution < 1.29 is 19.4 Å². The maximum Gasteiger partial charge on any atom is 0.415 e. The molecule has 2 aliphatic heterocycles. The molecule has 0 radical (unpaired) electrons. The number of carboxylic acid groups (broad SMARTS) is 1. The molecule has 1 fully saturated rings. The summed E-state index contributed by atoms with van der Waals surface area (Å²) in [4.78, 5) is 30.8. The number of cyclic esters (lactones) is 1. The van der Waals surface area contributed by atoms with E-state index in [-0.39, 0.29) is 12.6 Å². The molecule has 4 heterocycles. The van der Waals surface area contributed by atoms with E-state index in [4.69, 9.17) is 9.84 Å². The highest BCUT2D eigenvalue weighted by Gasteiger charge is 2.48. The molecule has 3 aromatic rings. The van der Waals surface area contributed by atoms with Crippen LogP contribution in [-0.2, 0) is 18.2 Å². The molecule has 31 heavy (non-hydrogen) atoms. The standard InChI is InChI=1S/C20H19N7O4/c1-25(19(28)29)10-17-16-8-13-7-11(4-6-15(13)27(16)20(30)31-17)12-3-5-14(21-9-12)18-22-23-24-26(18)2/h3-7,9,16-17H,8,10H2,1-2H3,(H,28,29)/t16-,17-/m0/s1. The number of amides is 2. The molecular weight excluding hydrogens is 402 g/mol. The SMILES string of the molecule is CN(C[C@@H]1OC(=O)N2c3ccc(-c4ccc(-c5nnnn5C)nc4)cc3C[C@@H]12)C(=O)O. The van der Waals surface area contributed by atoms with Crippen molar-refractivity contribution in [1.29, 1.82) is 0 Å². The number of pyridine rings is 1. The molecule has 0 unspecified atom stereocenters. The average Bonchev–Trinajstić information content (AvgIpc) is 3.43. The van der Waals surface area contributed by atoms with Crippen molar-refractivity contribution in [3.8, 4) is 22.6 Å².